The predicted molar refractivity (Wildman–Crippen MR) is 58.0 cm³/mol. The Morgan fingerprint density at radius 2 is 2.14 bits per heavy atom. The van der Waals surface area contributed by atoms with Crippen LogP contribution in [-0.2, 0) is 0 Å². The maximum Gasteiger partial charge on any atom is 0.0749 e. The van der Waals surface area contributed by atoms with Gasteiger partial charge in [-0.1, -0.05) is 29.8 Å². The first kappa shape index (κ1) is 10.4. The van der Waals surface area contributed by atoms with E-state index in [4.69, 9.17) is 5.26 Å². The first-order valence-electron chi connectivity index (χ1n) is 5.12. The molecule has 2 saturated carbocycles. The number of hydrogen-bond donors (Lipinski definition) is 1. The zero-order chi connectivity index (χ0) is 10.6. The third kappa shape index (κ3) is 0.991. The molecule has 0 unspecified atom stereocenters. The van der Waals surface area contributed by atoms with E-state index in [-0.39, 0.29) is 21.3 Å². The lowest BCUT2D eigenvalue weighted by Gasteiger charge is -2.44. The third-order valence-corrected chi connectivity index (χ3v) is 5.72. The van der Waals surface area contributed by atoms with Gasteiger partial charge in [-0.25, -0.2) is 0 Å². The van der Waals surface area contributed by atoms with Crippen molar-refractivity contribution in [2.45, 2.75) is 50.0 Å². The van der Waals surface area contributed by atoms with E-state index in [1.807, 2.05) is 0 Å². The zero-order valence-electron chi connectivity index (χ0n) is 8.68. The molecule has 1 N–H and O–H groups in total. The number of hydrogen-bond acceptors (Lipinski definition) is 2. The standard InChI is InChI=1S/C11H16BrNO/c1-9(2)8(14)11(12)4-3-10(9,7-11)5-6-13/h8,14H,3-5,7H2,1-2H3/t8-,10-,11+/m1/s1. The Morgan fingerprint density at radius 3 is 2.57 bits per heavy atom. The van der Waals surface area contributed by atoms with Crippen LogP contribution in [0.1, 0.15) is 39.5 Å². The molecule has 2 nitrogen and oxygen atoms in total. The molecule has 3 heteroatoms. The van der Waals surface area contributed by atoms with Crippen LogP contribution in [-0.4, -0.2) is 15.5 Å². The summed E-state index contributed by atoms with van der Waals surface area (Å²) in [5.74, 6) is 0. The van der Waals surface area contributed by atoms with Gasteiger partial charge in [0.05, 0.1) is 16.5 Å². The highest BCUT2D eigenvalue weighted by atomic mass is 79.9. The van der Waals surface area contributed by atoms with Crippen LogP contribution in [0, 0.1) is 22.2 Å². The number of aliphatic hydroxyl groups excluding tert-OH is 1. The summed E-state index contributed by atoms with van der Waals surface area (Å²) in [5.41, 5.74) is -0.102. The van der Waals surface area contributed by atoms with Gasteiger partial charge in [0.1, 0.15) is 0 Å². The summed E-state index contributed by atoms with van der Waals surface area (Å²) in [6.45, 7) is 4.19. The number of fused-ring (bicyclic) bond motifs is 2. The summed E-state index contributed by atoms with van der Waals surface area (Å²) in [5, 5.41) is 19.1. The van der Waals surface area contributed by atoms with Gasteiger partial charge in [-0.15, -0.1) is 0 Å². The quantitative estimate of drug-likeness (QED) is 0.735. The molecule has 0 aromatic rings. The number of nitriles is 1. The van der Waals surface area contributed by atoms with Gasteiger partial charge in [0.15, 0.2) is 0 Å². The van der Waals surface area contributed by atoms with Crippen molar-refractivity contribution in [1.29, 1.82) is 5.26 Å². The van der Waals surface area contributed by atoms with Crippen LogP contribution in [0.25, 0.3) is 0 Å². The second-order valence-corrected chi connectivity index (χ2v) is 7.03. The lowest BCUT2D eigenvalue weighted by Crippen LogP contribution is -2.46. The summed E-state index contributed by atoms with van der Waals surface area (Å²) >= 11 is 3.67. The molecule has 0 radical (unpaired) electrons. The molecule has 2 rings (SSSR count). The molecule has 0 spiro atoms. The summed E-state index contributed by atoms with van der Waals surface area (Å²) in [6.07, 6.45) is 3.26. The summed E-state index contributed by atoms with van der Waals surface area (Å²) < 4.78 is -0.118. The molecule has 2 aliphatic rings. The smallest absolute Gasteiger partial charge is 0.0749 e. The van der Waals surface area contributed by atoms with E-state index in [0.29, 0.717) is 6.42 Å². The van der Waals surface area contributed by atoms with Crippen molar-refractivity contribution in [1.82, 2.24) is 0 Å². The van der Waals surface area contributed by atoms with Crippen molar-refractivity contribution in [3.05, 3.63) is 0 Å². The number of alkyl halides is 1. The molecule has 0 saturated heterocycles. The molecule has 0 aromatic carbocycles. The van der Waals surface area contributed by atoms with E-state index >= 15 is 0 Å². The van der Waals surface area contributed by atoms with Gasteiger partial charge >= 0.3 is 0 Å². The van der Waals surface area contributed by atoms with Crippen molar-refractivity contribution in [2.24, 2.45) is 10.8 Å². The molecule has 3 atom stereocenters. The highest BCUT2D eigenvalue weighted by Crippen LogP contribution is 2.69. The average Bonchev–Trinajstić information content (AvgIpc) is 2.50. The van der Waals surface area contributed by atoms with Crippen molar-refractivity contribution in [3.63, 3.8) is 0 Å². The Labute approximate surface area is 93.4 Å². The van der Waals surface area contributed by atoms with Gasteiger partial charge in [-0.3, -0.25) is 0 Å². The molecule has 0 aromatic heterocycles. The van der Waals surface area contributed by atoms with Crippen molar-refractivity contribution in [3.8, 4) is 6.07 Å². The van der Waals surface area contributed by atoms with Crippen LogP contribution in [0.3, 0.4) is 0 Å². The summed E-state index contributed by atoms with van der Waals surface area (Å²) in [7, 11) is 0. The highest BCUT2D eigenvalue weighted by Gasteiger charge is 2.68. The van der Waals surface area contributed by atoms with Crippen LogP contribution in [0.5, 0.6) is 0 Å². The van der Waals surface area contributed by atoms with E-state index in [1.165, 1.54) is 0 Å². The molecule has 2 bridgehead atoms. The van der Waals surface area contributed by atoms with E-state index in [1.54, 1.807) is 0 Å². The fraction of sp³-hybridized carbons (Fsp3) is 0.909. The van der Waals surface area contributed by atoms with Crippen LogP contribution in [0.2, 0.25) is 0 Å². The lowest BCUT2D eigenvalue weighted by molar-refractivity contribution is -0.0282. The molecule has 2 fully saturated rings. The van der Waals surface area contributed by atoms with E-state index in [2.05, 4.69) is 35.8 Å². The third-order valence-electron chi connectivity index (χ3n) is 4.61. The van der Waals surface area contributed by atoms with Crippen molar-refractivity contribution >= 4 is 15.9 Å². The summed E-state index contributed by atoms with van der Waals surface area (Å²) in [4.78, 5) is 0. The number of aliphatic hydroxyl groups is 1. The van der Waals surface area contributed by atoms with Gasteiger partial charge in [0.2, 0.25) is 0 Å². The minimum Gasteiger partial charge on any atom is -0.391 e. The lowest BCUT2D eigenvalue weighted by atomic mass is 9.62. The van der Waals surface area contributed by atoms with Gasteiger partial charge in [0.25, 0.3) is 0 Å². The first-order chi connectivity index (χ1) is 6.38. The molecular weight excluding hydrogens is 242 g/mol. The van der Waals surface area contributed by atoms with Crippen molar-refractivity contribution in [2.75, 3.05) is 0 Å². The van der Waals surface area contributed by atoms with Gasteiger partial charge < -0.3 is 5.11 Å². The molecule has 0 heterocycles. The molecular formula is C11H16BrNO. The van der Waals surface area contributed by atoms with Crippen LogP contribution in [0.4, 0.5) is 0 Å². The van der Waals surface area contributed by atoms with Crippen LogP contribution in [0.15, 0.2) is 0 Å². The SMILES string of the molecule is CC1(C)[C@@H](O)[C@]2(Br)CC[C@@]1(CC#N)C2. The molecule has 2 aliphatic carbocycles. The van der Waals surface area contributed by atoms with Gasteiger partial charge in [-0.2, -0.15) is 5.26 Å². The minimum absolute atomic E-state index is 0.0324. The number of nitrogens with zero attached hydrogens (tertiary/aromatic N) is 1. The van der Waals surface area contributed by atoms with Gasteiger partial charge in [0, 0.05) is 6.42 Å². The Hall–Kier alpha value is -0.0700. The molecule has 14 heavy (non-hydrogen) atoms. The Balaban J connectivity index is 2.42. The van der Waals surface area contributed by atoms with E-state index in [0.717, 1.165) is 19.3 Å². The second kappa shape index (κ2) is 2.74. The monoisotopic (exact) mass is 257 g/mol. The molecule has 0 amide bonds. The van der Waals surface area contributed by atoms with Crippen molar-refractivity contribution < 1.29 is 5.11 Å². The van der Waals surface area contributed by atoms with Crippen LogP contribution >= 0.6 is 15.9 Å². The largest absolute Gasteiger partial charge is 0.391 e. The Kier molecular flexibility index (Phi) is 2.04. The molecule has 0 aliphatic heterocycles. The minimum atomic E-state index is -0.322. The molecule has 78 valence electrons. The first-order valence-corrected chi connectivity index (χ1v) is 5.91. The van der Waals surface area contributed by atoms with E-state index in [9.17, 15) is 5.11 Å². The highest BCUT2D eigenvalue weighted by molar-refractivity contribution is 9.10. The maximum absolute atomic E-state index is 10.2. The number of halogens is 1. The maximum atomic E-state index is 10.2. The average molecular weight is 258 g/mol. The number of rotatable bonds is 1. The second-order valence-electron chi connectivity index (χ2n) is 5.45. The topological polar surface area (TPSA) is 44.0 Å². The van der Waals surface area contributed by atoms with Crippen LogP contribution < -0.4 is 0 Å². The predicted octanol–water partition coefficient (Wildman–Crippen LogP) is 2.60. The Morgan fingerprint density at radius 1 is 1.50 bits per heavy atom. The fourth-order valence-electron chi connectivity index (χ4n) is 3.44. The zero-order valence-corrected chi connectivity index (χ0v) is 10.3. The normalized spacial score (nSPS) is 49.2. The van der Waals surface area contributed by atoms with E-state index < -0.39 is 0 Å². The Bertz CT molecular complexity index is 309. The fourth-order valence-corrected chi connectivity index (χ4v) is 4.74. The summed E-state index contributed by atoms with van der Waals surface area (Å²) in [6, 6.07) is 2.29. The van der Waals surface area contributed by atoms with Gasteiger partial charge in [-0.05, 0) is 30.1 Å².